The Hall–Kier alpha value is -3.15. The predicted octanol–water partition coefficient (Wildman–Crippen LogP) is 1.82. The van der Waals surface area contributed by atoms with Crippen LogP contribution in [0.4, 0.5) is 17.4 Å². The molecule has 1 aromatic carbocycles. The molecule has 1 aromatic heterocycles. The van der Waals surface area contributed by atoms with Gasteiger partial charge in [-0.15, -0.1) is 5.10 Å². The van der Waals surface area contributed by atoms with E-state index in [4.69, 9.17) is 10.2 Å². The largest absolute Gasteiger partial charge is 0.408 e. The Morgan fingerprint density at radius 3 is 2.96 bits per heavy atom. The zero-order chi connectivity index (χ0) is 16.4. The van der Waals surface area contributed by atoms with Gasteiger partial charge in [0.1, 0.15) is 6.07 Å². The van der Waals surface area contributed by atoms with E-state index in [0.717, 1.165) is 19.4 Å². The molecule has 1 aliphatic rings. The SMILES string of the molecule is N#Cc1cc([N+](=O)[O-])ccc1N1CCCC(c2nnc(N)o2)C1. The van der Waals surface area contributed by atoms with Gasteiger partial charge in [0.2, 0.25) is 5.89 Å². The predicted molar refractivity (Wildman–Crippen MR) is 80.7 cm³/mol. The number of hydrogen-bond donors (Lipinski definition) is 1. The number of piperidine rings is 1. The van der Waals surface area contributed by atoms with Crippen LogP contribution in [0.5, 0.6) is 0 Å². The summed E-state index contributed by atoms with van der Waals surface area (Å²) >= 11 is 0. The van der Waals surface area contributed by atoms with Crippen LogP contribution in [0.25, 0.3) is 0 Å². The molecule has 0 saturated carbocycles. The number of non-ortho nitro benzene ring substituents is 1. The fourth-order valence-corrected chi connectivity index (χ4v) is 2.81. The van der Waals surface area contributed by atoms with Crippen molar-refractivity contribution in [2.75, 3.05) is 23.7 Å². The topological polar surface area (TPSA) is 135 Å². The second kappa shape index (κ2) is 5.92. The molecular weight excluding hydrogens is 300 g/mol. The lowest BCUT2D eigenvalue weighted by atomic mass is 9.97. The molecule has 118 valence electrons. The zero-order valence-electron chi connectivity index (χ0n) is 12.2. The summed E-state index contributed by atoms with van der Waals surface area (Å²) in [5.41, 5.74) is 6.33. The Balaban J connectivity index is 1.86. The normalized spacial score (nSPS) is 17.7. The number of anilines is 2. The van der Waals surface area contributed by atoms with Crippen LogP contribution in [0.2, 0.25) is 0 Å². The number of nitro benzene ring substituents is 1. The van der Waals surface area contributed by atoms with Crippen molar-refractivity contribution < 1.29 is 9.34 Å². The van der Waals surface area contributed by atoms with E-state index in [1.165, 1.54) is 12.1 Å². The average molecular weight is 314 g/mol. The Bertz CT molecular complexity index is 781. The summed E-state index contributed by atoms with van der Waals surface area (Å²) in [5.74, 6) is 0.503. The van der Waals surface area contributed by atoms with Crippen molar-refractivity contribution in [2.24, 2.45) is 0 Å². The lowest BCUT2D eigenvalue weighted by Gasteiger charge is -2.33. The smallest absolute Gasteiger partial charge is 0.312 e. The molecule has 0 aliphatic carbocycles. The highest BCUT2D eigenvalue weighted by Crippen LogP contribution is 2.32. The van der Waals surface area contributed by atoms with Crippen LogP contribution in [0.1, 0.15) is 30.2 Å². The van der Waals surface area contributed by atoms with E-state index in [1.807, 2.05) is 11.0 Å². The van der Waals surface area contributed by atoms with Gasteiger partial charge in [-0.25, -0.2) is 0 Å². The molecule has 9 heteroatoms. The molecule has 3 rings (SSSR count). The lowest BCUT2D eigenvalue weighted by molar-refractivity contribution is -0.384. The molecule has 1 fully saturated rings. The standard InChI is InChI=1S/C14H14N6O3/c15-7-10-6-11(20(21)22)3-4-12(10)19-5-1-2-9(8-19)13-17-18-14(16)23-13/h3-4,6,9H,1-2,5,8H2,(H2,16,18). The molecule has 1 aliphatic heterocycles. The van der Waals surface area contributed by atoms with E-state index in [-0.39, 0.29) is 23.2 Å². The molecule has 0 spiro atoms. The number of benzene rings is 1. The number of nitro groups is 1. The highest BCUT2D eigenvalue weighted by molar-refractivity contribution is 5.63. The van der Waals surface area contributed by atoms with Crippen LogP contribution < -0.4 is 10.6 Å². The molecule has 2 aromatic rings. The maximum atomic E-state index is 10.8. The fraction of sp³-hybridized carbons (Fsp3) is 0.357. The third-order valence-corrected chi connectivity index (χ3v) is 3.88. The zero-order valence-corrected chi connectivity index (χ0v) is 12.2. The van der Waals surface area contributed by atoms with Gasteiger partial charge in [-0.1, -0.05) is 5.10 Å². The first-order valence-electron chi connectivity index (χ1n) is 7.11. The number of rotatable bonds is 3. The molecule has 0 radical (unpaired) electrons. The van der Waals surface area contributed by atoms with E-state index < -0.39 is 4.92 Å². The number of nitrogens with zero attached hydrogens (tertiary/aromatic N) is 5. The fourth-order valence-electron chi connectivity index (χ4n) is 2.81. The van der Waals surface area contributed by atoms with Gasteiger partial charge in [-0.05, 0) is 18.9 Å². The monoisotopic (exact) mass is 314 g/mol. The third kappa shape index (κ3) is 2.91. The maximum absolute atomic E-state index is 10.8. The van der Waals surface area contributed by atoms with Gasteiger partial charge in [0.05, 0.1) is 22.1 Å². The molecule has 0 amide bonds. The van der Waals surface area contributed by atoms with Crippen molar-refractivity contribution in [3.63, 3.8) is 0 Å². The van der Waals surface area contributed by atoms with Crippen molar-refractivity contribution in [1.29, 1.82) is 5.26 Å². The molecule has 2 heterocycles. The highest BCUT2D eigenvalue weighted by Gasteiger charge is 2.27. The summed E-state index contributed by atoms with van der Waals surface area (Å²) in [6.45, 7) is 1.35. The van der Waals surface area contributed by atoms with E-state index in [1.54, 1.807) is 6.07 Å². The lowest BCUT2D eigenvalue weighted by Crippen LogP contribution is -2.35. The van der Waals surface area contributed by atoms with Crippen molar-refractivity contribution in [3.8, 4) is 6.07 Å². The number of nitrogens with two attached hydrogens (primary N) is 1. The Morgan fingerprint density at radius 2 is 2.30 bits per heavy atom. The number of aromatic nitrogens is 2. The summed E-state index contributed by atoms with van der Waals surface area (Å²) in [7, 11) is 0. The minimum atomic E-state index is -0.509. The summed E-state index contributed by atoms with van der Waals surface area (Å²) < 4.78 is 5.29. The molecule has 9 nitrogen and oxygen atoms in total. The summed E-state index contributed by atoms with van der Waals surface area (Å²) in [5, 5.41) is 27.7. The van der Waals surface area contributed by atoms with Crippen LogP contribution in [-0.4, -0.2) is 28.2 Å². The Labute approximate surface area is 131 Å². The van der Waals surface area contributed by atoms with E-state index in [2.05, 4.69) is 10.2 Å². The van der Waals surface area contributed by atoms with Gasteiger partial charge >= 0.3 is 6.01 Å². The van der Waals surface area contributed by atoms with E-state index in [0.29, 0.717) is 18.1 Å². The summed E-state index contributed by atoms with van der Waals surface area (Å²) in [6, 6.07) is 6.38. The second-order valence-electron chi connectivity index (χ2n) is 5.33. The maximum Gasteiger partial charge on any atom is 0.312 e. The summed E-state index contributed by atoms with van der Waals surface area (Å²) in [4.78, 5) is 12.3. The van der Waals surface area contributed by atoms with Crippen molar-refractivity contribution in [2.45, 2.75) is 18.8 Å². The van der Waals surface area contributed by atoms with Gasteiger partial charge in [0.15, 0.2) is 0 Å². The number of hydrogen-bond acceptors (Lipinski definition) is 8. The van der Waals surface area contributed by atoms with Crippen LogP contribution in [0.15, 0.2) is 22.6 Å². The molecule has 23 heavy (non-hydrogen) atoms. The van der Waals surface area contributed by atoms with E-state index >= 15 is 0 Å². The average Bonchev–Trinajstić information content (AvgIpc) is 3.01. The van der Waals surface area contributed by atoms with Gasteiger partial charge in [-0.3, -0.25) is 10.1 Å². The first-order chi connectivity index (χ1) is 11.1. The first-order valence-corrected chi connectivity index (χ1v) is 7.11. The van der Waals surface area contributed by atoms with Gasteiger partial charge in [0.25, 0.3) is 5.69 Å². The van der Waals surface area contributed by atoms with Crippen molar-refractivity contribution >= 4 is 17.4 Å². The van der Waals surface area contributed by atoms with Gasteiger partial charge in [-0.2, -0.15) is 5.26 Å². The van der Waals surface area contributed by atoms with Crippen LogP contribution in [0, 0.1) is 21.4 Å². The second-order valence-corrected chi connectivity index (χ2v) is 5.33. The van der Waals surface area contributed by atoms with Crippen molar-refractivity contribution in [1.82, 2.24) is 10.2 Å². The molecule has 1 atom stereocenters. The van der Waals surface area contributed by atoms with Crippen molar-refractivity contribution in [3.05, 3.63) is 39.8 Å². The van der Waals surface area contributed by atoms with Crippen LogP contribution in [0.3, 0.4) is 0 Å². The summed E-state index contributed by atoms with van der Waals surface area (Å²) in [6.07, 6.45) is 1.77. The Kier molecular flexibility index (Phi) is 3.80. The minimum absolute atomic E-state index is 0.0234. The molecule has 1 unspecified atom stereocenters. The van der Waals surface area contributed by atoms with Crippen LogP contribution >= 0.6 is 0 Å². The molecular formula is C14H14N6O3. The molecule has 1 saturated heterocycles. The molecule has 2 N–H and O–H groups in total. The van der Waals surface area contributed by atoms with Gasteiger partial charge in [0, 0.05) is 25.2 Å². The quantitative estimate of drug-likeness (QED) is 0.669. The van der Waals surface area contributed by atoms with E-state index in [9.17, 15) is 15.4 Å². The highest BCUT2D eigenvalue weighted by atomic mass is 16.6. The number of nitriles is 1. The number of nitrogen functional groups attached to an aromatic ring is 1. The molecule has 0 bridgehead atoms. The first kappa shape index (κ1) is 14.8. The minimum Gasteiger partial charge on any atom is -0.408 e. The third-order valence-electron chi connectivity index (χ3n) is 3.88. The van der Waals surface area contributed by atoms with Crippen LogP contribution in [-0.2, 0) is 0 Å². The van der Waals surface area contributed by atoms with Gasteiger partial charge < -0.3 is 15.1 Å². The Morgan fingerprint density at radius 1 is 1.48 bits per heavy atom.